The van der Waals surface area contributed by atoms with Crippen LogP contribution in [0.1, 0.15) is 20.7 Å². The molecule has 0 spiro atoms. The number of esters is 2. The minimum absolute atomic E-state index is 0.157. The molecule has 4 nitrogen and oxygen atoms in total. The van der Waals surface area contributed by atoms with Gasteiger partial charge in [-0.15, -0.1) is 0 Å². The number of para-hydroxylation sites is 1. The van der Waals surface area contributed by atoms with Crippen LogP contribution in [0.2, 0.25) is 0 Å². The summed E-state index contributed by atoms with van der Waals surface area (Å²) in [5, 5.41) is 0. The van der Waals surface area contributed by atoms with Crippen LogP contribution in [-0.2, 0) is 4.74 Å². The average molecular weight is 414 g/mol. The van der Waals surface area contributed by atoms with Gasteiger partial charge in [0.1, 0.15) is 11.3 Å². The maximum atomic E-state index is 12.2. The van der Waals surface area contributed by atoms with Crippen LogP contribution in [0.3, 0.4) is 0 Å². The van der Waals surface area contributed by atoms with Crippen molar-refractivity contribution in [3.63, 3.8) is 0 Å². The van der Waals surface area contributed by atoms with E-state index in [0.29, 0.717) is 10.0 Å². The molecule has 108 valence electrons. The lowest BCUT2D eigenvalue weighted by atomic mass is 10.2. The van der Waals surface area contributed by atoms with Crippen LogP contribution >= 0.6 is 31.9 Å². The van der Waals surface area contributed by atoms with E-state index in [4.69, 9.17) is 4.74 Å². The van der Waals surface area contributed by atoms with Crippen molar-refractivity contribution < 1.29 is 19.1 Å². The van der Waals surface area contributed by atoms with Crippen LogP contribution < -0.4 is 4.74 Å². The van der Waals surface area contributed by atoms with E-state index in [2.05, 4.69) is 36.6 Å². The lowest BCUT2D eigenvalue weighted by Crippen LogP contribution is -2.12. The highest BCUT2D eigenvalue weighted by Gasteiger charge is 2.18. The van der Waals surface area contributed by atoms with Gasteiger partial charge in [0.15, 0.2) is 0 Å². The fourth-order valence-electron chi connectivity index (χ4n) is 1.64. The van der Waals surface area contributed by atoms with Gasteiger partial charge in [-0.05, 0) is 46.3 Å². The monoisotopic (exact) mass is 412 g/mol. The van der Waals surface area contributed by atoms with Crippen molar-refractivity contribution in [1.29, 1.82) is 0 Å². The third-order valence-electron chi connectivity index (χ3n) is 2.65. The number of carbonyl (C=O) groups excluding carboxylic acids is 2. The first-order valence-corrected chi connectivity index (χ1v) is 7.46. The maximum Gasteiger partial charge on any atom is 0.344 e. The molecular weight excluding hydrogens is 404 g/mol. The Kier molecular flexibility index (Phi) is 5.14. The summed E-state index contributed by atoms with van der Waals surface area (Å²) in [6, 6.07) is 11.5. The molecule has 2 aromatic rings. The fourth-order valence-corrected chi connectivity index (χ4v) is 2.85. The van der Waals surface area contributed by atoms with Crippen molar-refractivity contribution in [2.45, 2.75) is 0 Å². The molecule has 0 fully saturated rings. The summed E-state index contributed by atoms with van der Waals surface area (Å²) in [5.41, 5.74) is 0.555. The van der Waals surface area contributed by atoms with Crippen LogP contribution in [0.25, 0.3) is 0 Å². The molecule has 0 aliphatic carbocycles. The Labute approximate surface area is 138 Å². The van der Waals surface area contributed by atoms with Crippen molar-refractivity contribution in [1.82, 2.24) is 0 Å². The van der Waals surface area contributed by atoms with Gasteiger partial charge in [-0.2, -0.15) is 0 Å². The minimum Gasteiger partial charge on any atom is -0.465 e. The lowest BCUT2D eigenvalue weighted by Gasteiger charge is -2.09. The molecule has 0 aliphatic rings. The van der Waals surface area contributed by atoms with Gasteiger partial charge in [0.05, 0.1) is 12.7 Å². The maximum absolute atomic E-state index is 12.2. The van der Waals surface area contributed by atoms with E-state index in [1.807, 2.05) is 0 Å². The van der Waals surface area contributed by atoms with E-state index in [1.165, 1.54) is 19.2 Å². The zero-order valence-corrected chi connectivity index (χ0v) is 14.1. The van der Waals surface area contributed by atoms with E-state index >= 15 is 0 Å². The van der Waals surface area contributed by atoms with Crippen LogP contribution in [0.4, 0.5) is 0 Å². The predicted molar refractivity (Wildman–Crippen MR) is 84.6 cm³/mol. The highest BCUT2D eigenvalue weighted by atomic mass is 79.9. The molecule has 21 heavy (non-hydrogen) atoms. The zero-order valence-electron chi connectivity index (χ0n) is 10.9. The summed E-state index contributed by atoms with van der Waals surface area (Å²) in [7, 11) is 1.27. The molecule has 0 atom stereocenters. The Hall–Kier alpha value is -1.66. The Morgan fingerprint density at radius 3 is 2.33 bits per heavy atom. The van der Waals surface area contributed by atoms with Crippen LogP contribution in [-0.4, -0.2) is 19.0 Å². The van der Waals surface area contributed by atoms with Gasteiger partial charge in [-0.1, -0.05) is 28.1 Å². The van der Waals surface area contributed by atoms with Crippen LogP contribution in [0, 0.1) is 0 Å². The number of methoxy groups -OCH3 is 1. The van der Waals surface area contributed by atoms with Gasteiger partial charge in [0, 0.05) is 8.95 Å². The van der Waals surface area contributed by atoms with Crippen molar-refractivity contribution >= 4 is 43.8 Å². The number of benzene rings is 2. The smallest absolute Gasteiger partial charge is 0.344 e. The Balaban J connectivity index is 2.30. The summed E-state index contributed by atoms with van der Waals surface area (Å²) in [4.78, 5) is 23.8. The number of hydrogen-bond acceptors (Lipinski definition) is 4. The summed E-state index contributed by atoms with van der Waals surface area (Å²) in [6.07, 6.45) is 0. The van der Waals surface area contributed by atoms with Crippen molar-refractivity contribution in [3.8, 4) is 5.75 Å². The van der Waals surface area contributed by atoms with Gasteiger partial charge in [0.2, 0.25) is 0 Å². The molecule has 0 bridgehead atoms. The Bertz CT molecular complexity index is 698. The number of rotatable bonds is 3. The molecule has 0 amide bonds. The Morgan fingerprint density at radius 2 is 1.67 bits per heavy atom. The van der Waals surface area contributed by atoms with E-state index in [-0.39, 0.29) is 11.3 Å². The number of ether oxygens (including phenoxy) is 2. The number of halogens is 2. The first kappa shape index (κ1) is 15.7. The molecule has 0 N–H and O–H groups in total. The van der Waals surface area contributed by atoms with Crippen molar-refractivity contribution in [2.75, 3.05) is 7.11 Å². The van der Waals surface area contributed by atoms with Crippen LogP contribution in [0.5, 0.6) is 5.75 Å². The average Bonchev–Trinajstić information content (AvgIpc) is 2.46. The molecule has 2 aromatic carbocycles. The summed E-state index contributed by atoms with van der Waals surface area (Å²) in [5.74, 6) is -0.969. The van der Waals surface area contributed by atoms with Gasteiger partial charge in [0.25, 0.3) is 0 Å². The minimum atomic E-state index is -0.564. The van der Waals surface area contributed by atoms with Crippen LogP contribution in [0.15, 0.2) is 51.4 Å². The van der Waals surface area contributed by atoms with E-state index < -0.39 is 11.9 Å². The van der Waals surface area contributed by atoms with Crippen molar-refractivity contribution in [3.05, 3.63) is 62.5 Å². The molecule has 6 heteroatoms. The second kappa shape index (κ2) is 6.87. The van der Waals surface area contributed by atoms with E-state index in [9.17, 15) is 9.59 Å². The highest BCUT2D eigenvalue weighted by molar-refractivity contribution is 9.11. The normalized spacial score (nSPS) is 10.0. The van der Waals surface area contributed by atoms with Gasteiger partial charge in [-0.25, -0.2) is 9.59 Å². The number of carbonyl (C=O) groups is 2. The number of hydrogen-bond donors (Lipinski definition) is 0. The Morgan fingerprint density at radius 1 is 0.952 bits per heavy atom. The van der Waals surface area contributed by atoms with Gasteiger partial charge in [-0.3, -0.25) is 0 Å². The third-order valence-corrected chi connectivity index (χ3v) is 3.80. The second-order valence-corrected chi connectivity index (χ2v) is 5.77. The van der Waals surface area contributed by atoms with E-state index in [0.717, 1.165) is 4.47 Å². The first-order chi connectivity index (χ1) is 10.0. The topological polar surface area (TPSA) is 52.6 Å². The molecule has 0 saturated heterocycles. The highest BCUT2D eigenvalue weighted by Crippen LogP contribution is 2.25. The quantitative estimate of drug-likeness (QED) is 0.558. The molecule has 0 radical (unpaired) electrons. The molecule has 0 aromatic heterocycles. The zero-order chi connectivity index (χ0) is 15.4. The summed E-state index contributed by atoms with van der Waals surface area (Å²) >= 11 is 6.61. The first-order valence-electron chi connectivity index (χ1n) is 5.87. The molecule has 0 unspecified atom stereocenters. The van der Waals surface area contributed by atoms with Gasteiger partial charge >= 0.3 is 11.9 Å². The largest absolute Gasteiger partial charge is 0.465 e. The summed E-state index contributed by atoms with van der Waals surface area (Å²) in [6.45, 7) is 0. The SMILES string of the molecule is COC(=O)c1ccccc1OC(=O)c1ccc(Br)cc1Br. The molecule has 2 rings (SSSR count). The molecule has 0 saturated carbocycles. The molecule has 0 aliphatic heterocycles. The van der Waals surface area contributed by atoms with Crippen molar-refractivity contribution in [2.24, 2.45) is 0 Å². The predicted octanol–water partition coefficient (Wildman–Crippen LogP) is 4.22. The third kappa shape index (κ3) is 3.71. The molecular formula is C15H10Br2O4. The van der Waals surface area contributed by atoms with E-state index in [1.54, 1.807) is 30.3 Å². The second-order valence-electron chi connectivity index (χ2n) is 4.00. The molecule has 0 heterocycles. The fraction of sp³-hybridized carbons (Fsp3) is 0.0667. The summed E-state index contributed by atoms with van der Waals surface area (Å²) < 4.78 is 11.4. The lowest BCUT2D eigenvalue weighted by molar-refractivity contribution is 0.0593. The van der Waals surface area contributed by atoms with Gasteiger partial charge < -0.3 is 9.47 Å². The standard InChI is InChI=1S/C15H10Br2O4/c1-20-14(18)11-4-2-3-5-13(11)21-15(19)10-7-6-9(16)8-12(10)17/h2-8H,1H3.